The number of ether oxygens (including phenoxy) is 1. The quantitative estimate of drug-likeness (QED) is 0.112. The van der Waals surface area contributed by atoms with E-state index in [1.807, 2.05) is 36.5 Å². The van der Waals surface area contributed by atoms with E-state index in [0.717, 1.165) is 31.6 Å². The minimum Gasteiger partial charge on any atom is -0.410 e. The monoisotopic (exact) mass is 577 g/mol. The van der Waals surface area contributed by atoms with Crippen molar-refractivity contribution >= 4 is 52.3 Å². The van der Waals surface area contributed by atoms with Crippen LogP contribution in [0.2, 0.25) is 0 Å². The predicted molar refractivity (Wildman–Crippen MR) is 159 cm³/mol. The zero-order chi connectivity index (χ0) is 28.9. The van der Waals surface area contributed by atoms with Crippen molar-refractivity contribution in [3.8, 4) is 26.8 Å². The number of nitrogens with one attached hydrogen (secondary N) is 3. The second-order valence-corrected chi connectivity index (χ2v) is 11.6. The zero-order valence-corrected chi connectivity index (χ0v) is 23.8. The molecule has 0 aliphatic carbocycles. The maximum atomic E-state index is 12.2. The smallest absolute Gasteiger partial charge is 0.410 e. The zero-order valence-electron chi connectivity index (χ0n) is 22.2. The first-order valence-electron chi connectivity index (χ1n) is 12.1. The molecule has 0 bridgehead atoms. The predicted octanol–water partition coefficient (Wildman–Crippen LogP) is 7.35. The summed E-state index contributed by atoms with van der Waals surface area (Å²) in [5.41, 5.74) is 2.90. The Hall–Kier alpha value is -4.26. The van der Waals surface area contributed by atoms with E-state index in [2.05, 4.69) is 41.1 Å². The Morgan fingerprint density at radius 1 is 0.975 bits per heavy atom. The number of nitrogens with zero attached hydrogens (tertiary/aromatic N) is 2. The van der Waals surface area contributed by atoms with Crippen LogP contribution in [0, 0.1) is 10.1 Å². The number of thiazole rings is 1. The lowest BCUT2D eigenvalue weighted by atomic mass is 10.1. The molecule has 0 atom stereocenters. The molecule has 1 aromatic heterocycles. The minimum absolute atomic E-state index is 0.0905. The molecular formula is C28H27N5O5S2. The van der Waals surface area contributed by atoms with Crippen molar-refractivity contribution in [3.05, 3.63) is 83.0 Å². The Kier molecular flexibility index (Phi) is 8.83. The molecule has 0 unspecified atom stereocenters. The number of non-ortho nitro benzene ring substituents is 1. The fourth-order valence-electron chi connectivity index (χ4n) is 3.41. The molecule has 206 valence electrons. The molecule has 0 aliphatic rings. The van der Waals surface area contributed by atoms with Gasteiger partial charge in [0.25, 0.3) is 5.69 Å². The maximum Gasteiger partial charge on any atom is 0.417 e. The Labute approximate surface area is 239 Å². The molecule has 0 saturated carbocycles. The summed E-state index contributed by atoms with van der Waals surface area (Å²) >= 11 is 3.03. The Bertz CT molecular complexity index is 1530. The fraction of sp³-hybridized carbons (Fsp3) is 0.179. The van der Waals surface area contributed by atoms with Gasteiger partial charge in [-0.2, -0.15) is 0 Å². The highest BCUT2D eigenvalue weighted by atomic mass is 32.2. The van der Waals surface area contributed by atoms with Crippen molar-refractivity contribution in [2.24, 2.45) is 0 Å². The molecule has 4 rings (SSSR count). The molecule has 3 N–H and O–H groups in total. The van der Waals surface area contributed by atoms with Gasteiger partial charge in [-0.05, 0) is 81.3 Å². The molecule has 10 nitrogen and oxygen atoms in total. The molecule has 0 fully saturated rings. The molecule has 12 heteroatoms. The number of benzene rings is 3. The maximum absolute atomic E-state index is 12.2. The first-order valence-corrected chi connectivity index (χ1v) is 13.8. The molecule has 0 saturated heterocycles. The van der Waals surface area contributed by atoms with Crippen molar-refractivity contribution in [1.82, 2.24) is 9.71 Å². The third-order valence-corrected chi connectivity index (χ3v) is 7.53. The number of hydrogen-bond acceptors (Lipinski definition) is 9. The average Bonchev–Trinajstić information content (AvgIpc) is 3.37. The van der Waals surface area contributed by atoms with Crippen LogP contribution in [0.15, 0.2) is 77.8 Å². The van der Waals surface area contributed by atoms with Crippen LogP contribution in [0.3, 0.4) is 0 Å². The van der Waals surface area contributed by atoms with Crippen molar-refractivity contribution < 1.29 is 19.2 Å². The fourth-order valence-corrected chi connectivity index (χ4v) is 5.33. The van der Waals surface area contributed by atoms with Crippen molar-refractivity contribution in [3.63, 3.8) is 0 Å². The Morgan fingerprint density at radius 2 is 1.65 bits per heavy atom. The van der Waals surface area contributed by atoms with E-state index < -0.39 is 11.0 Å². The van der Waals surface area contributed by atoms with E-state index in [-0.39, 0.29) is 22.9 Å². The molecule has 3 aromatic carbocycles. The van der Waals surface area contributed by atoms with Gasteiger partial charge in [-0.3, -0.25) is 24.9 Å². The van der Waals surface area contributed by atoms with Crippen LogP contribution in [0.1, 0.15) is 27.7 Å². The van der Waals surface area contributed by atoms with E-state index in [1.165, 1.54) is 54.5 Å². The standard InChI is InChI=1S/C28H27N5O5S2/c1-17(34)30-20-9-14-23(24(15-20)40-32-28(2,3)4)25-16-29-26(39-25)18-5-7-19(8-6-18)31-27(35)38-22-12-10-21(11-13-22)33(36)37/h5-16,32H,1-4H3,(H,30,34)(H,31,35). The van der Waals surface area contributed by atoms with Crippen molar-refractivity contribution in [2.75, 3.05) is 10.6 Å². The van der Waals surface area contributed by atoms with Gasteiger partial charge < -0.3 is 10.1 Å². The van der Waals surface area contributed by atoms with Crippen molar-refractivity contribution in [1.29, 1.82) is 0 Å². The molecule has 0 spiro atoms. The van der Waals surface area contributed by atoms with Gasteiger partial charge in [0.1, 0.15) is 10.8 Å². The summed E-state index contributed by atoms with van der Waals surface area (Å²) in [4.78, 5) is 40.6. The normalized spacial score (nSPS) is 11.1. The highest BCUT2D eigenvalue weighted by Crippen LogP contribution is 2.38. The summed E-state index contributed by atoms with van der Waals surface area (Å²) in [6.07, 6.45) is 1.11. The summed E-state index contributed by atoms with van der Waals surface area (Å²) < 4.78 is 8.62. The summed E-state index contributed by atoms with van der Waals surface area (Å²) in [5.74, 6) is 0.0560. The third-order valence-electron chi connectivity index (χ3n) is 5.18. The van der Waals surface area contributed by atoms with Crippen LogP contribution in [-0.2, 0) is 4.79 Å². The highest BCUT2D eigenvalue weighted by Gasteiger charge is 2.16. The van der Waals surface area contributed by atoms with Crippen molar-refractivity contribution in [2.45, 2.75) is 38.1 Å². The van der Waals surface area contributed by atoms with E-state index in [4.69, 9.17) is 4.74 Å². The highest BCUT2D eigenvalue weighted by molar-refractivity contribution is 7.97. The lowest BCUT2D eigenvalue weighted by molar-refractivity contribution is -0.384. The van der Waals surface area contributed by atoms with Crippen LogP contribution in [0.5, 0.6) is 5.75 Å². The van der Waals surface area contributed by atoms with Gasteiger partial charge in [-0.1, -0.05) is 6.07 Å². The summed E-state index contributed by atoms with van der Waals surface area (Å²) in [6.45, 7) is 7.72. The van der Waals surface area contributed by atoms with Gasteiger partial charge in [0.2, 0.25) is 5.91 Å². The first-order chi connectivity index (χ1) is 19.0. The SMILES string of the molecule is CC(=O)Nc1ccc(-c2cnc(-c3ccc(NC(=O)Oc4ccc([N+](=O)[O-])cc4)cc3)s2)c(SNC(C)(C)C)c1. The molecule has 4 aromatic rings. The van der Waals surface area contributed by atoms with Crippen LogP contribution in [-0.4, -0.2) is 27.4 Å². The van der Waals surface area contributed by atoms with Gasteiger partial charge in [0, 0.05) is 58.2 Å². The summed E-state index contributed by atoms with van der Waals surface area (Å²) in [7, 11) is 0. The number of carbonyl (C=O) groups excluding carboxylic acids is 2. The van der Waals surface area contributed by atoms with Crippen LogP contribution >= 0.6 is 23.3 Å². The molecule has 0 aliphatic heterocycles. The van der Waals surface area contributed by atoms with Crippen LogP contribution in [0.4, 0.5) is 21.9 Å². The van der Waals surface area contributed by atoms with Gasteiger partial charge in [0.15, 0.2) is 0 Å². The molecule has 1 heterocycles. The van der Waals surface area contributed by atoms with Gasteiger partial charge >= 0.3 is 6.09 Å². The van der Waals surface area contributed by atoms with E-state index >= 15 is 0 Å². The number of anilines is 2. The van der Waals surface area contributed by atoms with E-state index in [1.54, 1.807) is 12.1 Å². The topological polar surface area (TPSA) is 135 Å². The number of aromatic nitrogens is 1. The van der Waals surface area contributed by atoms with Gasteiger partial charge in [0.05, 0.1) is 9.80 Å². The summed E-state index contributed by atoms with van der Waals surface area (Å²) in [5, 5.41) is 17.0. The lowest BCUT2D eigenvalue weighted by Crippen LogP contribution is -2.29. The Balaban J connectivity index is 1.46. The van der Waals surface area contributed by atoms with Gasteiger partial charge in [-0.15, -0.1) is 11.3 Å². The number of carbonyl (C=O) groups is 2. The molecule has 0 radical (unpaired) electrons. The summed E-state index contributed by atoms with van der Waals surface area (Å²) in [6, 6.07) is 18.2. The number of rotatable bonds is 8. The van der Waals surface area contributed by atoms with Crippen LogP contribution < -0.4 is 20.1 Å². The van der Waals surface area contributed by atoms with E-state index in [9.17, 15) is 19.7 Å². The number of amides is 2. The average molecular weight is 578 g/mol. The number of hydrogen-bond donors (Lipinski definition) is 3. The minimum atomic E-state index is -0.713. The molecular weight excluding hydrogens is 550 g/mol. The Morgan fingerprint density at radius 3 is 2.27 bits per heavy atom. The molecule has 2 amide bonds. The third kappa shape index (κ3) is 7.88. The van der Waals surface area contributed by atoms with E-state index in [0.29, 0.717) is 5.69 Å². The van der Waals surface area contributed by atoms with Crippen LogP contribution in [0.25, 0.3) is 21.0 Å². The molecule has 40 heavy (non-hydrogen) atoms. The second kappa shape index (κ2) is 12.3. The number of nitro groups is 1. The number of nitro benzene ring substituents is 1. The first kappa shape index (κ1) is 28.7. The van der Waals surface area contributed by atoms with Gasteiger partial charge in [-0.25, -0.2) is 9.78 Å². The largest absolute Gasteiger partial charge is 0.417 e. The lowest BCUT2D eigenvalue weighted by Gasteiger charge is -2.20. The second-order valence-electron chi connectivity index (χ2n) is 9.72.